The van der Waals surface area contributed by atoms with Crippen LogP contribution in [0, 0.1) is 19.8 Å². The number of aromatic nitrogens is 2. The minimum atomic E-state index is -0.260. The Morgan fingerprint density at radius 1 is 1.21 bits per heavy atom. The molecule has 5 heteroatoms. The molecule has 4 nitrogen and oxygen atoms in total. The largest absolute Gasteiger partial charge is 0.393 e. The molecular formula is C19H28ClN3O. The second-order valence-electron chi connectivity index (χ2n) is 6.82. The van der Waals surface area contributed by atoms with Crippen molar-refractivity contribution < 1.29 is 5.11 Å². The molecular weight excluding hydrogens is 322 g/mol. The average Bonchev–Trinajstić information content (AvgIpc) is 2.76. The summed E-state index contributed by atoms with van der Waals surface area (Å²) in [6.07, 6.45) is 0.538. The van der Waals surface area contributed by atoms with Crippen molar-refractivity contribution in [3.8, 4) is 0 Å². The van der Waals surface area contributed by atoms with E-state index in [2.05, 4.69) is 48.5 Å². The highest BCUT2D eigenvalue weighted by molar-refractivity contribution is 6.30. The van der Waals surface area contributed by atoms with Crippen LogP contribution in [0.3, 0.4) is 0 Å². The molecule has 2 atom stereocenters. The van der Waals surface area contributed by atoms with Crippen LogP contribution in [-0.4, -0.2) is 27.5 Å². The minimum Gasteiger partial charge on any atom is -0.393 e. The van der Waals surface area contributed by atoms with Gasteiger partial charge in [0, 0.05) is 12.1 Å². The van der Waals surface area contributed by atoms with Gasteiger partial charge in [0.1, 0.15) is 5.15 Å². The highest BCUT2D eigenvalue weighted by atomic mass is 35.5. The third-order valence-corrected chi connectivity index (χ3v) is 4.60. The molecule has 0 fully saturated rings. The van der Waals surface area contributed by atoms with Gasteiger partial charge in [0.15, 0.2) is 0 Å². The fourth-order valence-corrected chi connectivity index (χ4v) is 3.17. The van der Waals surface area contributed by atoms with Crippen LogP contribution in [0.1, 0.15) is 42.7 Å². The van der Waals surface area contributed by atoms with Gasteiger partial charge in [0.05, 0.1) is 18.3 Å². The summed E-state index contributed by atoms with van der Waals surface area (Å²) in [5.74, 6) is 0.423. The monoisotopic (exact) mass is 349 g/mol. The summed E-state index contributed by atoms with van der Waals surface area (Å²) in [6, 6.07) is 8.42. The van der Waals surface area contributed by atoms with Crippen LogP contribution in [0.5, 0.6) is 0 Å². The molecule has 1 aromatic heterocycles. The molecule has 0 aliphatic rings. The third-order valence-electron chi connectivity index (χ3n) is 4.17. The maximum absolute atomic E-state index is 9.43. The predicted molar refractivity (Wildman–Crippen MR) is 99.4 cm³/mol. The lowest BCUT2D eigenvalue weighted by atomic mass is 10.0. The third kappa shape index (κ3) is 5.33. The van der Waals surface area contributed by atoms with Gasteiger partial charge in [-0.1, -0.05) is 48.4 Å². The number of rotatable bonds is 8. The van der Waals surface area contributed by atoms with Gasteiger partial charge in [0.2, 0.25) is 0 Å². The Kier molecular flexibility index (Phi) is 6.84. The molecule has 1 heterocycles. The van der Waals surface area contributed by atoms with Gasteiger partial charge in [-0.2, -0.15) is 5.10 Å². The van der Waals surface area contributed by atoms with E-state index in [1.807, 2.05) is 18.5 Å². The number of aliphatic hydroxyl groups excluding tert-OH is 1. The summed E-state index contributed by atoms with van der Waals surface area (Å²) in [6.45, 7) is 10.3. The van der Waals surface area contributed by atoms with E-state index < -0.39 is 0 Å². The molecule has 0 amide bonds. The maximum atomic E-state index is 9.43. The van der Waals surface area contributed by atoms with Crippen molar-refractivity contribution in [1.82, 2.24) is 15.1 Å². The van der Waals surface area contributed by atoms with Gasteiger partial charge < -0.3 is 10.4 Å². The molecule has 0 saturated carbocycles. The van der Waals surface area contributed by atoms with Crippen molar-refractivity contribution in [1.29, 1.82) is 0 Å². The Morgan fingerprint density at radius 2 is 1.88 bits per heavy atom. The zero-order chi connectivity index (χ0) is 17.7. The maximum Gasteiger partial charge on any atom is 0.132 e. The Hall–Kier alpha value is -1.36. The number of aliphatic hydroxyl groups is 1. The molecule has 132 valence electrons. The summed E-state index contributed by atoms with van der Waals surface area (Å²) < 4.78 is 1.86. The quantitative estimate of drug-likeness (QED) is 0.764. The molecule has 0 spiro atoms. The molecule has 2 rings (SSSR count). The summed E-state index contributed by atoms with van der Waals surface area (Å²) >= 11 is 6.53. The Labute approximate surface area is 149 Å². The lowest BCUT2D eigenvalue weighted by Crippen LogP contribution is -2.23. The lowest BCUT2D eigenvalue weighted by Gasteiger charge is -2.14. The second kappa shape index (κ2) is 8.65. The fraction of sp³-hybridized carbons (Fsp3) is 0.526. The van der Waals surface area contributed by atoms with E-state index in [1.165, 1.54) is 11.1 Å². The molecule has 24 heavy (non-hydrogen) atoms. The van der Waals surface area contributed by atoms with E-state index in [9.17, 15) is 5.11 Å². The van der Waals surface area contributed by atoms with Gasteiger partial charge in [-0.25, -0.2) is 4.68 Å². The first-order valence-electron chi connectivity index (χ1n) is 8.53. The van der Waals surface area contributed by atoms with Gasteiger partial charge in [-0.3, -0.25) is 0 Å². The van der Waals surface area contributed by atoms with Crippen LogP contribution in [-0.2, 0) is 13.1 Å². The van der Waals surface area contributed by atoms with E-state index >= 15 is 0 Å². The Bertz CT molecular complexity index is 649. The van der Waals surface area contributed by atoms with Crippen LogP contribution in [0.2, 0.25) is 5.15 Å². The van der Waals surface area contributed by atoms with Crippen molar-refractivity contribution in [2.75, 3.05) is 6.54 Å². The van der Waals surface area contributed by atoms with Crippen molar-refractivity contribution >= 4 is 11.6 Å². The predicted octanol–water partition coefficient (Wildman–Crippen LogP) is 3.70. The normalized spacial score (nSPS) is 13.9. The Morgan fingerprint density at radius 3 is 2.50 bits per heavy atom. The van der Waals surface area contributed by atoms with E-state index in [4.69, 9.17) is 11.6 Å². The standard InChI is InChI=1S/C19H28ClN3O/c1-13-5-7-17(8-6-13)12-23-19(20)18(16(4)22-23)11-21-10-14(2)9-15(3)24/h5-8,14-15,21,24H,9-12H2,1-4H3. The lowest BCUT2D eigenvalue weighted by molar-refractivity contribution is 0.163. The Balaban J connectivity index is 1.97. The summed E-state index contributed by atoms with van der Waals surface area (Å²) in [7, 11) is 0. The minimum absolute atomic E-state index is 0.260. The van der Waals surface area contributed by atoms with Gasteiger partial charge >= 0.3 is 0 Å². The van der Waals surface area contributed by atoms with Crippen molar-refractivity contribution in [3.63, 3.8) is 0 Å². The number of halogens is 1. The highest BCUT2D eigenvalue weighted by Gasteiger charge is 2.14. The zero-order valence-corrected chi connectivity index (χ0v) is 15.8. The van der Waals surface area contributed by atoms with Crippen LogP contribution < -0.4 is 5.32 Å². The molecule has 0 aliphatic heterocycles. The molecule has 0 bridgehead atoms. The number of hydrogen-bond donors (Lipinski definition) is 2. The summed E-state index contributed by atoms with van der Waals surface area (Å²) in [5, 5.41) is 18.1. The summed E-state index contributed by atoms with van der Waals surface area (Å²) in [5.41, 5.74) is 4.45. The van der Waals surface area contributed by atoms with Crippen molar-refractivity contribution in [2.45, 2.75) is 53.3 Å². The number of hydrogen-bond acceptors (Lipinski definition) is 3. The molecule has 2 unspecified atom stereocenters. The smallest absolute Gasteiger partial charge is 0.132 e. The SMILES string of the molecule is Cc1ccc(Cn2nc(C)c(CNCC(C)CC(C)O)c2Cl)cc1. The van der Waals surface area contributed by atoms with Crippen LogP contribution in [0.4, 0.5) is 0 Å². The van der Waals surface area contributed by atoms with Crippen LogP contribution in [0.15, 0.2) is 24.3 Å². The van der Waals surface area contributed by atoms with Crippen molar-refractivity contribution in [2.24, 2.45) is 5.92 Å². The first kappa shape index (κ1) is 19.0. The number of benzene rings is 1. The average molecular weight is 350 g/mol. The van der Waals surface area contributed by atoms with E-state index in [0.29, 0.717) is 24.2 Å². The highest BCUT2D eigenvalue weighted by Crippen LogP contribution is 2.21. The van der Waals surface area contributed by atoms with Gasteiger partial charge in [0.25, 0.3) is 0 Å². The van der Waals surface area contributed by atoms with Crippen molar-refractivity contribution in [3.05, 3.63) is 51.8 Å². The second-order valence-corrected chi connectivity index (χ2v) is 7.18. The van der Waals surface area contributed by atoms with Crippen LogP contribution in [0.25, 0.3) is 0 Å². The molecule has 2 N–H and O–H groups in total. The van der Waals surface area contributed by atoms with E-state index in [-0.39, 0.29) is 6.10 Å². The first-order chi connectivity index (χ1) is 11.4. The number of nitrogens with zero attached hydrogens (tertiary/aromatic N) is 2. The number of nitrogens with one attached hydrogen (secondary N) is 1. The molecule has 0 aliphatic carbocycles. The molecule has 0 radical (unpaired) electrons. The van der Waals surface area contributed by atoms with Crippen LogP contribution >= 0.6 is 11.6 Å². The topological polar surface area (TPSA) is 50.1 Å². The molecule has 2 aromatic rings. The van der Waals surface area contributed by atoms with E-state index in [1.54, 1.807) is 0 Å². The fourth-order valence-electron chi connectivity index (χ4n) is 2.87. The zero-order valence-electron chi connectivity index (χ0n) is 15.0. The van der Waals surface area contributed by atoms with Gasteiger partial charge in [-0.05, 0) is 45.2 Å². The number of aryl methyl sites for hydroxylation is 2. The molecule has 0 saturated heterocycles. The summed E-state index contributed by atoms with van der Waals surface area (Å²) in [4.78, 5) is 0. The van der Waals surface area contributed by atoms with E-state index in [0.717, 1.165) is 24.2 Å². The first-order valence-corrected chi connectivity index (χ1v) is 8.90. The molecule has 1 aromatic carbocycles. The van der Waals surface area contributed by atoms with Gasteiger partial charge in [-0.15, -0.1) is 0 Å².